The van der Waals surface area contributed by atoms with Gasteiger partial charge in [-0.2, -0.15) is 0 Å². The van der Waals surface area contributed by atoms with Crippen molar-refractivity contribution in [1.82, 2.24) is 0 Å². The summed E-state index contributed by atoms with van der Waals surface area (Å²) in [4.78, 5) is 27.6. The number of rotatable bonds is 4. The number of Topliss-reactive ketones (excluding diaryl/α,β-unsaturated/α-hetero) is 2. The van der Waals surface area contributed by atoms with Crippen molar-refractivity contribution in [3.05, 3.63) is 88.5 Å². The SMILES string of the molecule is COc1ccc([C@H]2Oc3c(c(O)cc(O)c3[C@H]3C(=O)c4c(O)cc(O)cc4O[C@@H]3c3ccc(O)cc3)C(=O)[C@@H]2O)cc1O. The molecule has 0 saturated carbocycles. The molecule has 0 unspecified atom stereocenters. The molecule has 4 atom stereocenters. The van der Waals surface area contributed by atoms with E-state index >= 15 is 0 Å². The number of ketones is 2. The first-order valence-corrected chi connectivity index (χ1v) is 12.9. The molecule has 0 radical (unpaired) electrons. The molecular formula is C31H24O12. The van der Waals surface area contributed by atoms with Gasteiger partial charge in [0, 0.05) is 18.2 Å². The Morgan fingerprint density at radius 1 is 0.651 bits per heavy atom. The summed E-state index contributed by atoms with van der Waals surface area (Å²) >= 11 is 0. The van der Waals surface area contributed by atoms with Crippen LogP contribution >= 0.6 is 0 Å². The van der Waals surface area contributed by atoms with Gasteiger partial charge < -0.3 is 50.0 Å². The van der Waals surface area contributed by atoms with Crippen LogP contribution < -0.4 is 14.2 Å². The van der Waals surface area contributed by atoms with Crippen LogP contribution in [0.5, 0.6) is 51.7 Å². The lowest BCUT2D eigenvalue weighted by Gasteiger charge is -2.37. The number of hydrogen-bond acceptors (Lipinski definition) is 12. The van der Waals surface area contributed by atoms with E-state index in [1.165, 1.54) is 49.6 Å². The lowest BCUT2D eigenvalue weighted by atomic mass is 9.78. The summed E-state index contributed by atoms with van der Waals surface area (Å²) in [6.45, 7) is 0. The summed E-state index contributed by atoms with van der Waals surface area (Å²) in [5, 5.41) is 73.6. The van der Waals surface area contributed by atoms with Crippen molar-refractivity contribution in [2.75, 3.05) is 7.11 Å². The molecule has 0 bridgehead atoms. The zero-order valence-electron chi connectivity index (χ0n) is 22.3. The number of hydrogen-bond donors (Lipinski definition) is 7. The van der Waals surface area contributed by atoms with Gasteiger partial charge in [0.1, 0.15) is 57.5 Å². The van der Waals surface area contributed by atoms with E-state index in [1.54, 1.807) is 0 Å². The first-order valence-electron chi connectivity index (χ1n) is 12.9. The van der Waals surface area contributed by atoms with Gasteiger partial charge in [0.15, 0.2) is 29.5 Å². The molecule has 4 aromatic rings. The van der Waals surface area contributed by atoms with E-state index in [0.717, 1.165) is 18.2 Å². The van der Waals surface area contributed by atoms with E-state index in [0.29, 0.717) is 5.56 Å². The summed E-state index contributed by atoms with van der Waals surface area (Å²) in [7, 11) is 1.34. The lowest BCUT2D eigenvalue weighted by molar-refractivity contribution is 0.0196. The number of phenols is 6. The molecule has 0 aromatic heterocycles. The minimum Gasteiger partial charge on any atom is -0.508 e. The number of ether oxygens (including phenoxy) is 3. The maximum Gasteiger partial charge on any atom is 0.202 e. The molecule has 0 aliphatic carbocycles. The zero-order chi connectivity index (χ0) is 30.7. The number of carbonyl (C=O) groups is 2. The summed E-state index contributed by atoms with van der Waals surface area (Å²) < 4.78 is 17.2. The van der Waals surface area contributed by atoms with Crippen molar-refractivity contribution < 1.29 is 59.5 Å². The van der Waals surface area contributed by atoms with E-state index in [2.05, 4.69) is 0 Å². The van der Waals surface area contributed by atoms with E-state index in [-0.39, 0.29) is 45.4 Å². The van der Waals surface area contributed by atoms with Gasteiger partial charge in [0.2, 0.25) is 5.78 Å². The minimum absolute atomic E-state index is 0.0866. The predicted molar refractivity (Wildman–Crippen MR) is 146 cm³/mol. The molecule has 2 heterocycles. The van der Waals surface area contributed by atoms with Crippen molar-refractivity contribution >= 4 is 11.6 Å². The molecule has 12 nitrogen and oxygen atoms in total. The summed E-state index contributed by atoms with van der Waals surface area (Å²) in [6, 6.07) is 12.5. The maximum absolute atomic E-state index is 14.2. The Bertz CT molecular complexity index is 1800. The third-order valence-electron chi connectivity index (χ3n) is 7.54. The Hall–Kier alpha value is -5.62. The van der Waals surface area contributed by atoms with E-state index < -0.39 is 64.4 Å². The third-order valence-corrected chi connectivity index (χ3v) is 7.54. The van der Waals surface area contributed by atoms with Crippen LogP contribution in [0.4, 0.5) is 0 Å². The fraction of sp³-hybridized carbons (Fsp3) is 0.161. The average molecular weight is 589 g/mol. The summed E-state index contributed by atoms with van der Waals surface area (Å²) in [6.07, 6.45) is -4.58. The smallest absolute Gasteiger partial charge is 0.202 e. The van der Waals surface area contributed by atoms with Gasteiger partial charge in [-0.1, -0.05) is 18.2 Å². The van der Waals surface area contributed by atoms with Crippen LogP contribution in [0.1, 0.15) is 55.5 Å². The first kappa shape index (κ1) is 27.5. The number of phenolic OH excluding ortho intramolecular Hbond substituents is 6. The van der Waals surface area contributed by atoms with E-state index in [1.807, 2.05) is 0 Å². The van der Waals surface area contributed by atoms with Gasteiger partial charge in [-0.25, -0.2) is 0 Å². The van der Waals surface area contributed by atoms with Crippen LogP contribution in [0, 0.1) is 0 Å². The van der Waals surface area contributed by atoms with Crippen LogP contribution in [-0.4, -0.2) is 60.5 Å². The molecule has 6 rings (SSSR count). The van der Waals surface area contributed by atoms with E-state index in [9.17, 15) is 45.3 Å². The first-order chi connectivity index (χ1) is 20.5. The van der Waals surface area contributed by atoms with E-state index in [4.69, 9.17) is 14.2 Å². The van der Waals surface area contributed by atoms with Crippen molar-refractivity contribution in [3.63, 3.8) is 0 Å². The van der Waals surface area contributed by atoms with Gasteiger partial charge >= 0.3 is 0 Å². The van der Waals surface area contributed by atoms with Gasteiger partial charge in [0.05, 0.1) is 18.6 Å². The van der Waals surface area contributed by atoms with Gasteiger partial charge in [-0.15, -0.1) is 0 Å². The normalized spacial score (nSPS) is 20.9. The topological polar surface area (TPSA) is 203 Å². The third kappa shape index (κ3) is 4.35. The average Bonchev–Trinajstić information content (AvgIpc) is 2.95. The number of benzene rings is 4. The lowest BCUT2D eigenvalue weighted by Crippen LogP contribution is -2.38. The molecule has 0 fully saturated rings. The van der Waals surface area contributed by atoms with Crippen molar-refractivity contribution in [2.45, 2.75) is 24.2 Å². The molecule has 0 saturated heterocycles. The Balaban J connectivity index is 1.58. The molecule has 2 aliphatic rings. The highest BCUT2D eigenvalue weighted by Gasteiger charge is 2.48. The van der Waals surface area contributed by atoms with Crippen LogP contribution in [0.25, 0.3) is 0 Å². The molecule has 43 heavy (non-hydrogen) atoms. The second-order valence-corrected chi connectivity index (χ2v) is 10.1. The van der Waals surface area contributed by atoms with Gasteiger partial charge in [-0.3, -0.25) is 9.59 Å². The highest BCUT2D eigenvalue weighted by atomic mass is 16.5. The Morgan fingerprint density at radius 2 is 1.33 bits per heavy atom. The Kier molecular flexibility index (Phi) is 6.43. The Labute approximate surface area is 242 Å². The molecule has 12 heteroatoms. The number of carbonyl (C=O) groups excluding carboxylic acids is 2. The monoisotopic (exact) mass is 588 g/mol. The highest BCUT2D eigenvalue weighted by Crippen LogP contribution is 2.55. The van der Waals surface area contributed by atoms with Crippen molar-refractivity contribution in [2.24, 2.45) is 0 Å². The Morgan fingerprint density at radius 3 is 2.00 bits per heavy atom. The summed E-state index contributed by atoms with van der Waals surface area (Å²) in [5.74, 6) is -6.56. The molecular weight excluding hydrogens is 564 g/mol. The van der Waals surface area contributed by atoms with Crippen molar-refractivity contribution in [1.29, 1.82) is 0 Å². The molecule has 220 valence electrons. The highest BCUT2D eigenvalue weighted by molar-refractivity contribution is 6.10. The quantitative estimate of drug-likeness (QED) is 0.182. The largest absolute Gasteiger partial charge is 0.508 e. The number of aromatic hydroxyl groups is 6. The van der Waals surface area contributed by atoms with Crippen LogP contribution in [-0.2, 0) is 0 Å². The second-order valence-electron chi connectivity index (χ2n) is 10.1. The molecule has 2 aliphatic heterocycles. The number of aliphatic hydroxyl groups excluding tert-OH is 1. The fourth-order valence-electron chi connectivity index (χ4n) is 5.55. The number of methoxy groups -OCH3 is 1. The maximum atomic E-state index is 14.2. The molecule has 0 amide bonds. The van der Waals surface area contributed by atoms with Gasteiger partial charge in [-0.05, 0) is 35.4 Å². The zero-order valence-corrected chi connectivity index (χ0v) is 22.3. The second kappa shape index (κ2) is 10.0. The molecule has 7 N–H and O–H groups in total. The predicted octanol–water partition coefficient (Wildman–Crippen LogP) is 3.71. The molecule has 0 spiro atoms. The van der Waals surface area contributed by atoms with Crippen LogP contribution in [0.2, 0.25) is 0 Å². The summed E-state index contributed by atoms with van der Waals surface area (Å²) in [5.41, 5.74) is -0.662. The van der Waals surface area contributed by atoms with Crippen LogP contribution in [0.3, 0.4) is 0 Å². The number of fused-ring (bicyclic) bond motifs is 2. The van der Waals surface area contributed by atoms with Crippen molar-refractivity contribution in [3.8, 4) is 51.7 Å². The fourth-order valence-corrected chi connectivity index (χ4v) is 5.55. The standard InChI is InChI=1S/C31H24O12/c1-41-20-7-4-13(8-16(20)34)30-28(40)27(39)24-19(37)11-18(36)23(31(24)43-30)25-26(38)22-17(35)9-15(33)10-21(22)42-29(25)12-2-5-14(32)6-3-12/h2-11,25,28-30,32-37,40H,1H3/t25-,28-,29+,30+/m0/s1. The molecule has 4 aromatic carbocycles. The minimum atomic E-state index is -1.86. The van der Waals surface area contributed by atoms with Crippen LogP contribution in [0.15, 0.2) is 60.7 Å². The number of aliphatic hydroxyl groups is 1. The van der Waals surface area contributed by atoms with Gasteiger partial charge in [0.25, 0.3) is 0 Å².